The van der Waals surface area contributed by atoms with E-state index in [1.807, 2.05) is 12.1 Å². The number of anilines is 1. The first-order valence-corrected chi connectivity index (χ1v) is 9.81. The van der Waals surface area contributed by atoms with Crippen molar-refractivity contribution >= 4 is 35.6 Å². The third-order valence-electron chi connectivity index (χ3n) is 6.56. The van der Waals surface area contributed by atoms with Crippen molar-refractivity contribution in [3.63, 3.8) is 0 Å². The molecule has 27 heavy (non-hydrogen) atoms. The quantitative estimate of drug-likeness (QED) is 0.389. The van der Waals surface area contributed by atoms with E-state index in [-0.39, 0.29) is 29.8 Å². The van der Waals surface area contributed by atoms with Gasteiger partial charge in [0.25, 0.3) is 0 Å². The van der Waals surface area contributed by atoms with E-state index in [4.69, 9.17) is 5.73 Å². The highest BCUT2D eigenvalue weighted by Crippen LogP contribution is 2.52. The zero-order valence-electron chi connectivity index (χ0n) is 15.7. The molecule has 1 saturated heterocycles. The normalized spacial score (nSPS) is 30.5. The topological polar surface area (TPSA) is 65.1 Å². The van der Waals surface area contributed by atoms with Gasteiger partial charge < -0.3 is 20.6 Å². The molecule has 3 fully saturated rings. The molecule has 1 aromatic rings. The van der Waals surface area contributed by atoms with Crippen LogP contribution in [0.2, 0.25) is 0 Å². The molecule has 0 spiro atoms. The number of fused-ring (bicyclic) bond motifs is 2. The fourth-order valence-corrected chi connectivity index (χ4v) is 5.03. The molecule has 0 aromatic heterocycles. The van der Waals surface area contributed by atoms with Gasteiger partial charge in [-0.2, -0.15) is 0 Å². The summed E-state index contributed by atoms with van der Waals surface area (Å²) in [7, 11) is 0. The second kappa shape index (κ2) is 8.51. The van der Waals surface area contributed by atoms with Crippen LogP contribution in [0.3, 0.4) is 0 Å². The van der Waals surface area contributed by atoms with Gasteiger partial charge in [0.1, 0.15) is 5.82 Å². The number of hydrogen-bond donors (Lipinski definition) is 2. The van der Waals surface area contributed by atoms with E-state index in [0.717, 1.165) is 50.6 Å². The van der Waals surface area contributed by atoms with E-state index in [1.165, 1.54) is 31.4 Å². The van der Waals surface area contributed by atoms with Gasteiger partial charge in [0.2, 0.25) is 0 Å². The van der Waals surface area contributed by atoms with Crippen molar-refractivity contribution in [1.29, 1.82) is 0 Å². The van der Waals surface area contributed by atoms with Gasteiger partial charge in [0.05, 0.1) is 5.60 Å². The fraction of sp³-hybridized carbons (Fsp3) is 0.650. The van der Waals surface area contributed by atoms with E-state index < -0.39 is 5.60 Å². The van der Waals surface area contributed by atoms with Gasteiger partial charge in [-0.3, -0.25) is 4.99 Å². The number of halogens is 2. The molecular formula is C20H30FIN4O. The van der Waals surface area contributed by atoms with Crippen LogP contribution in [0.1, 0.15) is 32.1 Å². The molecule has 0 radical (unpaired) electrons. The summed E-state index contributed by atoms with van der Waals surface area (Å²) in [5, 5.41) is 10.8. The molecule has 3 aliphatic rings. The lowest BCUT2D eigenvalue weighted by Crippen LogP contribution is -2.51. The minimum absolute atomic E-state index is 0. The maximum absolute atomic E-state index is 13.1. The summed E-state index contributed by atoms with van der Waals surface area (Å²) in [4.78, 5) is 8.88. The predicted octanol–water partition coefficient (Wildman–Crippen LogP) is 2.82. The third-order valence-corrected chi connectivity index (χ3v) is 6.56. The van der Waals surface area contributed by atoms with Crippen LogP contribution in [0.4, 0.5) is 10.1 Å². The second-order valence-corrected chi connectivity index (χ2v) is 8.12. The van der Waals surface area contributed by atoms with Crippen molar-refractivity contribution in [1.82, 2.24) is 4.90 Å². The van der Waals surface area contributed by atoms with Crippen LogP contribution < -0.4 is 10.6 Å². The van der Waals surface area contributed by atoms with Crippen LogP contribution in [0.15, 0.2) is 29.3 Å². The maximum Gasteiger partial charge on any atom is 0.191 e. The van der Waals surface area contributed by atoms with Crippen molar-refractivity contribution in [2.75, 3.05) is 37.6 Å². The molecule has 4 rings (SSSR count). The Hall–Kier alpha value is -1.09. The van der Waals surface area contributed by atoms with Gasteiger partial charge in [0.15, 0.2) is 5.96 Å². The third kappa shape index (κ3) is 4.50. The zero-order chi connectivity index (χ0) is 18.1. The van der Waals surface area contributed by atoms with E-state index >= 15 is 0 Å². The lowest BCUT2D eigenvalue weighted by molar-refractivity contribution is -0.0181. The Bertz CT molecular complexity index is 662. The summed E-state index contributed by atoms with van der Waals surface area (Å²) < 4.78 is 13.1. The Morgan fingerprint density at radius 3 is 2.48 bits per heavy atom. The van der Waals surface area contributed by atoms with E-state index in [2.05, 4.69) is 14.8 Å². The summed E-state index contributed by atoms with van der Waals surface area (Å²) in [6.07, 6.45) is 5.33. The second-order valence-electron chi connectivity index (χ2n) is 8.12. The summed E-state index contributed by atoms with van der Waals surface area (Å²) in [6, 6.07) is 6.63. The number of aliphatic imine (C=N–C) groups is 1. The van der Waals surface area contributed by atoms with Gasteiger partial charge in [-0.1, -0.05) is 0 Å². The number of nitrogens with two attached hydrogens (primary N) is 1. The van der Waals surface area contributed by atoms with E-state index in [1.54, 1.807) is 0 Å². The number of nitrogens with zero attached hydrogens (tertiary/aromatic N) is 3. The number of aliphatic hydroxyl groups is 1. The first-order chi connectivity index (χ1) is 12.5. The Labute approximate surface area is 177 Å². The molecule has 7 heteroatoms. The van der Waals surface area contributed by atoms with Crippen molar-refractivity contribution in [3.8, 4) is 0 Å². The summed E-state index contributed by atoms with van der Waals surface area (Å²) >= 11 is 0. The SMILES string of the molecule is I.NC(=NCCC1(O)CC2CCC1C2)N1CCN(c2ccc(F)cc2)CC1. The number of piperazine rings is 1. The highest BCUT2D eigenvalue weighted by Gasteiger charge is 2.49. The minimum atomic E-state index is -0.506. The molecule has 1 heterocycles. The van der Waals surface area contributed by atoms with E-state index in [9.17, 15) is 9.50 Å². The maximum atomic E-state index is 13.1. The molecular weight excluding hydrogens is 458 g/mol. The standard InChI is InChI=1S/C20H29FN4O.HI/c21-17-3-5-18(6-4-17)24-9-11-25(12-10-24)19(22)23-8-7-20(26)14-15-1-2-16(20)13-15;/h3-6,15-16,26H,1-2,7-14H2,(H2,22,23);1H. The van der Waals surface area contributed by atoms with Crippen LogP contribution in [0.25, 0.3) is 0 Å². The van der Waals surface area contributed by atoms with Crippen LogP contribution in [-0.2, 0) is 0 Å². The summed E-state index contributed by atoms with van der Waals surface area (Å²) in [5.74, 6) is 1.57. The van der Waals surface area contributed by atoms with Crippen molar-refractivity contribution in [2.24, 2.45) is 22.6 Å². The molecule has 2 aliphatic carbocycles. The lowest BCUT2D eigenvalue weighted by Gasteiger charge is -2.37. The van der Waals surface area contributed by atoms with Gasteiger partial charge >= 0.3 is 0 Å². The Morgan fingerprint density at radius 2 is 1.89 bits per heavy atom. The highest BCUT2D eigenvalue weighted by molar-refractivity contribution is 14.0. The van der Waals surface area contributed by atoms with Crippen molar-refractivity contribution in [2.45, 2.75) is 37.7 Å². The molecule has 3 atom stereocenters. The first-order valence-electron chi connectivity index (χ1n) is 9.81. The molecule has 5 nitrogen and oxygen atoms in total. The smallest absolute Gasteiger partial charge is 0.191 e. The minimum Gasteiger partial charge on any atom is -0.390 e. The van der Waals surface area contributed by atoms with Crippen molar-refractivity contribution < 1.29 is 9.50 Å². The van der Waals surface area contributed by atoms with Crippen LogP contribution >= 0.6 is 24.0 Å². The van der Waals surface area contributed by atoms with Crippen molar-refractivity contribution in [3.05, 3.63) is 30.1 Å². The Kier molecular flexibility index (Phi) is 6.50. The predicted molar refractivity (Wildman–Crippen MR) is 117 cm³/mol. The fourth-order valence-electron chi connectivity index (χ4n) is 5.03. The monoisotopic (exact) mass is 488 g/mol. The van der Waals surface area contributed by atoms with Crippen LogP contribution in [-0.4, -0.2) is 54.3 Å². The van der Waals surface area contributed by atoms with E-state index in [0.29, 0.717) is 18.4 Å². The highest BCUT2D eigenvalue weighted by atomic mass is 127. The molecule has 2 bridgehead atoms. The molecule has 150 valence electrons. The molecule has 3 N–H and O–H groups in total. The number of hydrogen-bond acceptors (Lipinski definition) is 3. The van der Waals surface area contributed by atoms with Crippen LogP contribution in [0.5, 0.6) is 0 Å². The number of rotatable bonds is 4. The average molecular weight is 488 g/mol. The summed E-state index contributed by atoms with van der Waals surface area (Å²) in [5.41, 5.74) is 6.72. The average Bonchev–Trinajstić information content (AvgIpc) is 3.23. The molecule has 0 amide bonds. The Morgan fingerprint density at radius 1 is 1.19 bits per heavy atom. The number of guanidine groups is 1. The Balaban J connectivity index is 0.00000210. The summed E-state index contributed by atoms with van der Waals surface area (Å²) in [6.45, 7) is 3.90. The lowest BCUT2D eigenvalue weighted by atomic mass is 9.82. The van der Waals surface area contributed by atoms with Gasteiger partial charge in [0, 0.05) is 38.4 Å². The van der Waals surface area contributed by atoms with Gasteiger partial charge in [-0.25, -0.2) is 4.39 Å². The van der Waals surface area contributed by atoms with Gasteiger partial charge in [-0.05, 0) is 68.2 Å². The van der Waals surface area contributed by atoms with Crippen LogP contribution in [0, 0.1) is 17.7 Å². The largest absolute Gasteiger partial charge is 0.390 e. The molecule has 3 unspecified atom stereocenters. The molecule has 1 aliphatic heterocycles. The molecule has 1 aromatic carbocycles. The number of benzene rings is 1. The molecule has 2 saturated carbocycles. The first kappa shape index (κ1) is 20.6. The zero-order valence-corrected chi connectivity index (χ0v) is 18.0. The van der Waals surface area contributed by atoms with Gasteiger partial charge in [-0.15, -0.1) is 24.0 Å².